The summed E-state index contributed by atoms with van der Waals surface area (Å²) in [6.07, 6.45) is 2.47. The number of anilines is 1. The van der Waals surface area contributed by atoms with Crippen molar-refractivity contribution in [2.24, 2.45) is 5.92 Å². The molecule has 1 aromatic rings. The number of amides is 1. The van der Waals surface area contributed by atoms with E-state index in [9.17, 15) is 4.79 Å². The van der Waals surface area contributed by atoms with Gasteiger partial charge in [0.05, 0.1) is 0 Å². The van der Waals surface area contributed by atoms with Crippen molar-refractivity contribution >= 4 is 34.2 Å². The van der Waals surface area contributed by atoms with Gasteiger partial charge in [0, 0.05) is 28.1 Å². The van der Waals surface area contributed by atoms with E-state index in [2.05, 4.69) is 47.4 Å². The molecule has 1 aliphatic heterocycles. The second-order valence-electron chi connectivity index (χ2n) is 4.14. The van der Waals surface area contributed by atoms with E-state index < -0.39 is 0 Å². The number of carbonyl (C=O) groups is 1. The monoisotopic (exact) mass is 327 g/mol. The van der Waals surface area contributed by atoms with E-state index in [-0.39, 0.29) is 5.91 Å². The Bertz CT molecular complexity index is 442. The third-order valence-corrected chi connectivity index (χ3v) is 3.62. The summed E-state index contributed by atoms with van der Waals surface area (Å²) < 4.78 is 1.16. The Morgan fingerprint density at radius 3 is 2.94 bits per heavy atom. The molecule has 0 aromatic heterocycles. The van der Waals surface area contributed by atoms with Crippen LogP contribution in [-0.4, -0.2) is 12.5 Å². The Morgan fingerprint density at radius 1 is 1.56 bits per heavy atom. The molecule has 1 aliphatic rings. The van der Waals surface area contributed by atoms with Gasteiger partial charge in [0.2, 0.25) is 5.91 Å². The molecule has 1 unspecified atom stereocenters. The molecule has 0 saturated carbocycles. The van der Waals surface area contributed by atoms with Crippen molar-refractivity contribution < 1.29 is 4.79 Å². The number of hydrogen-bond donors (Lipinski definition) is 0. The van der Waals surface area contributed by atoms with Gasteiger partial charge in [0.15, 0.2) is 0 Å². The van der Waals surface area contributed by atoms with Gasteiger partial charge in [0.1, 0.15) is 0 Å². The van der Waals surface area contributed by atoms with Gasteiger partial charge in [0.25, 0.3) is 0 Å². The van der Waals surface area contributed by atoms with Crippen LogP contribution in [-0.2, 0) is 4.79 Å². The molecular formula is C13H14INO. The first-order chi connectivity index (χ1) is 7.61. The van der Waals surface area contributed by atoms with E-state index in [1.807, 2.05) is 17.9 Å². The number of aryl methyl sites for hydroxylation is 1. The Labute approximate surface area is 109 Å². The van der Waals surface area contributed by atoms with Crippen molar-refractivity contribution in [1.82, 2.24) is 0 Å². The predicted octanol–water partition coefficient (Wildman–Crippen LogP) is 3.14. The fraction of sp³-hybridized carbons (Fsp3) is 0.308. The van der Waals surface area contributed by atoms with Crippen molar-refractivity contribution in [3.05, 3.63) is 40.0 Å². The molecule has 3 heteroatoms. The third-order valence-electron chi connectivity index (χ3n) is 2.95. The normalized spacial score (nSPS) is 20.2. The van der Waals surface area contributed by atoms with Crippen molar-refractivity contribution in [3.63, 3.8) is 0 Å². The molecule has 1 saturated heterocycles. The fourth-order valence-electron chi connectivity index (χ4n) is 2.00. The number of halogens is 1. The average molecular weight is 327 g/mol. The summed E-state index contributed by atoms with van der Waals surface area (Å²) >= 11 is 2.27. The van der Waals surface area contributed by atoms with E-state index in [4.69, 9.17) is 0 Å². The van der Waals surface area contributed by atoms with E-state index >= 15 is 0 Å². The molecule has 0 N–H and O–H groups in total. The molecule has 2 rings (SSSR count). The van der Waals surface area contributed by atoms with Crippen molar-refractivity contribution in [3.8, 4) is 0 Å². The standard InChI is InChI=1S/C13H14INO/c1-3-10-6-13(16)15(8-10)12-7-11(14)5-4-9(12)2/h3-5,7,10H,1,6,8H2,2H3. The molecule has 0 spiro atoms. The minimum absolute atomic E-state index is 0.204. The number of hydrogen-bond acceptors (Lipinski definition) is 1. The SMILES string of the molecule is C=CC1CC(=O)N(c2cc(I)ccc2C)C1. The largest absolute Gasteiger partial charge is 0.312 e. The van der Waals surface area contributed by atoms with E-state index in [1.165, 1.54) is 0 Å². The summed E-state index contributed by atoms with van der Waals surface area (Å²) in [4.78, 5) is 13.8. The topological polar surface area (TPSA) is 20.3 Å². The van der Waals surface area contributed by atoms with Crippen molar-refractivity contribution in [2.75, 3.05) is 11.4 Å². The highest BCUT2D eigenvalue weighted by atomic mass is 127. The highest BCUT2D eigenvalue weighted by Gasteiger charge is 2.29. The first-order valence-corrected chi connectivity index (χ1v) is 6.38. The van der Waals surface area contributed by atoms with Gasteiger partial charge in [-0.3, -0.25) is 4.79 Å². The zero-order valence-electron chi connectivity index (χ0n) is 9.24. The minimum Gasteiger partial charge on any atom is -0.312 e. The zero-order valence-corrected chi connectivity index (χ0v) is 11.4. The van der Waals surface area contributed by atoms with Gasteiger partial charge in [-0.15, -0.1) is 6.58 Å². The number of nitrogens with zero attached hydrogens (tertiary/aromatic N) is 1. The molecule has 1 heterocycles. The van der Waals surface area contributed by atoms with E-state index in [1.54, 1.807) is 0 Å². The van der Waals surface area contributed by atoms with Crippen LogP contribution in [0.1, 0.15) is 12.0 Å². The van der Waals surface area contributed by atoms with Crippen molar-refractivity contribution in [1.29, 1.82) is 0 Å². The Kier molecular flexibility index (Phi) is 3.33. The Morgan fingerprint density at radius 2 is 2.31 bits per heavy atom. The highest BCUT2D eigenvalue weighted by molar-refractivity contribution is 14.1. The van der Waals surface area contributed by atoms with Gasteiger partial charge >= 0.3 is 0 Å². The van der Waals surface area contributed by atoms with Gasteiger partial charge in [-0.1, -0.05) is 12.1 Å². The first-order valence-electron chi connectivity index (χ1n) is 5.31. The lowest BCUT2D eigenvalue weighted by atomic mass is 10.1. The molecule has 1 amide bonds. The second-order valence-corrected chi connectivity index (χ2v) is 5.38. The van der Waals surface area contributed by atoms with Crippen LogP contribution in [0.3, 0.4) is 0 Å². The minimum atomic E-state index is 0.204. The zero-order chi connectivity index (χ0) is 11.7. The number of benzene rings is 1. The summed E-state index contributed by atoms with van der Waals surface area (Å²) in [5, 5.41) is 0. The summed E-state index contributed by atoms with van der Waals surface area (Å²) in [7, 11) is 0. The van der Waals surface area contributed by atoms with Crippen LogP contribution in [0.25, 0.3) is 0 Å². The lowest BCUT2D eigenvalue weighted by molar-refractivity contribution is -0.117. The smallest absolute Gasteiger partial charge is 0.227 e. The van der Waals surface area contributed by atoms with Gasteiger partial charge in [-0.2, -0.15) is 0 Å². The van der Waals surface area contributed by atoms with Crippen LogP contribution in [0.15, 0.2) is 30.9 Å². The maximum absolute atomic E-state index is 11.9. The van der Waals surface area contributed by atoms with Crippen LogP contribution in [0.4, 0.5) is 5.69 Å². The Hall–Kier alpha value is -0.840. The number of rotatable bonds is 2. The third kappa shape index (κ3) is 2.14. The average Bonchev–Trinajstić information content (AvgIpc) is 2.63. The number of carbonyl (C=O) groups excluding carboxylic acids is 1. The summed E-state index contributed by atoms with van der Waals surface area (Å²) in [6.45, 7) is 6.57. The molecule has 84 valence electrons. The Balaban J connectivity index is 2.34. The molecule has 16 heavy (non-hydrogen) atoms. The fourth-order valence-corrected chi connectivity index (χ4v) is 2.47. The molecule has 0 bridgehead atoms. The molecule has 2 nitrogen and oxygen atoms in total. The maximum Gasteiger partial charge on any atom is 0.227 e. The van der Waals surface area contributed by atoms with E-state index in [0.717, 1.165) is 21.4 Å². The quantitative estimate of drug-likeness (QED) is 0.604. The molecule has 1 atom stereocenters. The molecule has 1 aromatic carbocycles. The van der Waals surface area contributed by atoms with Gasteiger partial charge < -0.3 is 4.90 Å². The molecule has 0 aliphatic carbocycles. The lowest BCUT2D eigenvalue weighted by Gasteiger charge is -2.19. The molecule has 0 radical (unpaired) electrons. The van der Waals surface area contributed by atoms with Crippen LogP contribution < -0.4 is 4.90 Å². The van der Waals surface area contributed by atoms with Crippen LogP contribution >= 0.6 is 22.6 Å². The lowest BCUT2D eigenvalue weighted by Crippen LogP contribution is -2.25. The van der Waals surface area contributed by atoms with Crippen LogP contribution in [0, 0.1) is 16.4 Å². The maximum atomic E-state index is 11.9. The van der Waals surface area contributed by atoms with Gasteiger partial charge in [-0.25, -0.2) is 0 Å². The first kappa shape index (κ1) is 11.6. The summed E-state index contributed by atoms with van der Waals surface area (Å²) in [5.41, 5.74) is 2.19. The molecular weight excluding hydrogens is 313 g/mol. The second kappa shape index (κ2) is 4.57. The van der Waals surface area contributed by atoms with E-state index in [0.29, 0.717) is 12.3 Å². The van der Waals surface area contributed by atoms with Gasteiger partial charge in [-0.05, 0) is 47.2 Å². The molecule has 1 fully saturated rings. The van der Waals surface area contributed by atoms with Crippen molar-refractivity contribution in [2.45, 2.75) is 13.3 Å². The summed E-state index contributed by atoms with van der Waals surface area (Å²) in [6, 6.07) is 6.19. The van der Waals surface area contributed by atoms with Crippen LogP contribution in [0.2, 0.25) is 0 Å². The summed E-state index contributed by atoms with van der Waals surface area (Å²) in [5.74, 6) is 0.500. The predicted molar refractivity (Wildman–Crippen MR) is 74.6 cm³/mol. The van der Waals surface area contributed by atoms with Crippen LogP contribution in [0.5, 0.6) is 0 Å². The highest BCUT2D eigenvalue weighted by Crippen LogP contribution is 2.29.